The maximum absolute atomic E-state index is 13.1. The first-order valence-corrected chi connectivity index (χ1v) is 44.4. The van der Waals surface area contributed by atoms with E-state index < -0.39 is 97.5 Å². The van der Waals surface area contributed by atoms with E-state index in [2.05, 4.69) is 58.9 Å². The Hall–Kier alpha value is -2.46. The third-order valence-electron chi connectivity index (χ3n) is 18.4. The number of esters is 4. The summed E-state index contributed by atoms with van der Waals surface area (Å²) >= 11 is 0. The summed E-state index contributed by atoms with van der Waals surface area (Å²) in [5, 5.41) is 10.6. The van der Waals surface area contributed by atoms with Crippen molar-refractivity contribution < 1.29 is 80.2 Å². The van der Waals surface area contributed by atoms with Crippen LogP contribution >= 0.6 is 15.6 Å². The van der Waals surface area contributed by atoms with E-state index in [9.17, 15) is 43.2 Å². The fourth-order valence-corrected chi connectivity index (χ4v) is 13.6. The number of hydrogen-bond donors (Lipinski definition) is 3. The molecule has 19 heteroatoms. The molecule has 0 radical (unpaired) electrons. The minimum absolute atomic E-state index is 0.102. The van der Waals surface area contributed by atoms with Crippen LogP contribution < -0.4 is 0 Å². The lowest BCUT2D eigenvalue weighted by Gasteiger charge is -2.21. The summed E-state index contributed by atoms with van der Waals surface area (Å²) in [5.74, 6) is -1.36. The van der Waals surface area contributed by atoms with E-state index in [1.165, 1.54) is 212 Å². The van der Waals surface area contributed by atoms with Gasteiger partial charge in [0.2, 0.25) is 0 Å². The normalized spacial score (nSPS) is 14.0. The zero-order chi connectivity index (χ0) is 73.4. The molecule has 0 saturated carbocycles. The number of hydrogen-bond acceptors (Lipinski definition) is 15. The number of unbranched alkanes of at least 4 members (excludes halogenated alkanes) is 48. The molecular formula is C81H154O17P2. The van der Waals surface area contributed by atoms with E-state index in [0.717, 1.165) is 115 Å². The van der Waals surface area contributed by atoms with Gasteiger partial charge in [0, 0.05) is 25.7 Å². The van der Waals surface area contributed by atoms with Gasteiger partial charge in [-0.05, 0) is 57.3 Å². The highest BCUT2D eigenvalue weighted by Crippen LogP contribution is 2.45. The van der Waals surface area contributed by atoms with Crippen molar-refractivity contribution in [2.45, 2.75) is 425 Å². The van der Waals surface area contributed by atoms with Crippen molar-refractivity contribution in [2.75, 3.05) is 39.6 Å². The van der Waals surface area contributed by atoms with Crippen LogP contribution in [0.15, 0.2) is 24.3 Å². The molecule has 0 rings (SSSR count). The summed E-state index contributed by atoms with van der Waals surface area (Å²) < 4.78 is 68.6. The smallest absolute Gasteiger partial charge is 0.462 e. The van der Waals surface area contributed by atoms with E-state index in [0.29, 0.717) is 25.7 Å². The van der Waals surface area contributed by atoms with Crippen LogP contribution in [0.25, 0.3) is 0 Å². The summed E-state index contributed by atoms with van der Waals surface area (Å²) in [6, 6.07) is 0. The van der Waals surface area contributed by atoms with E-state index in [-0.39, 0.29) is 25.7 Å². The highest BCUT2D eigenvalue weighted by atomic mass is 31.2. The third kappa shape index (κ3) is 73.8. The summed E-state index contributed by atoms with van der Waals surface area (Å²) in [4.78, 5) is 72.9. The molecule has 3 N–H and O–H groups in total. The molecule has 100 heavy (non-hydrogen) atoms. The first-order valence-electron chi connectivity index (χ1n) is 41.5. The SMILES string of the molecule is CCCCCC/C=C\C=C/CCCCCCCC(=O)OC[C@H](COP(=O)(O)OC[C@@H](O)COP(=O)(O)OC[C@@H](COC(=O)CCCCCCCCCCC)OC(=O)CCCCCCCCCCCCCCC(C)C)OC(=O)CCCCCCCCCCCCCCCCCCCCCCC. The molecule has 0 aliphatic carbocycles. The number of ether oxygens (including phenoxy) is 4. The maximum atomic E-state index is 13.1. The van der Waals surface area contributed by atoms with E-state index in [1.807, 2.05) is 0 Å². The van der Waals surface area contributed by atoms with Gasteiger partial charge in [-0.1, -0.05) is 354 Å². The summed E-state index contributed by atoms with van der Waals surface area (Å²) in [5.41, 5.74) is 0. The lowest BCUT2D eigenvalue weighted by molar-refractivity contribution is -0.161. The van der Waals surface area contributed by atoms with Gasteiger partial charge in [0.05, 0.1) is 26.4 Å². The van der Waals surface area contributed by atoms with Crippen molar-refractivity contribution in [1.82, 2.24) is 0 Å². The van der Waals surface area contributed by atoms with Crippen LogP contribution in [-0.2, 0) is 65.4 Å². The molecule has 0 saturated heterocycles. The number of carbonyl (C=O) groups excluding carboxylic acids is 4. The van der Waals surface area contributed by atoms with Crippen LogP contribution in [0.3, 0.4) is 0 Å². The van der Waals surface area contributed by atoms with Crippen LogP contribution in [-0.4, -0.2) is 96.7 Å². The Morgan fingerprint density at radius 1 is 0.310 bits per heavy atom. The van der Waals surface area contributed by atoms with Gasteiger partial charge in [-0.15, -0.1) is 0 Å². The molecule has 0 aliphatic heterocycles. The van der Waals surface area contributed by atoms with Gasteiger partial charge in [-0.25, -0.2) is 9.13 Å². The molecule has 0 fully saturated rings. The molecule has 0 aromatic heterocycles. The third-order valence-corrected chi connectivity index (χ3v) is 20.3. The zero-order valence-corrected chi connectivity index (χ0v) is 66.6. The molecule has 2 unspecified atom stereocenters. The van der Waals surface area contributed by atoms with Crippen LogP contribution in [0.5, 0.6) is 0 Å². The zero-order valence-electron chi connectivity index (χ0n) is 64.8. The number of phosphoric acid groups is 2. The van der Waals surface area contributed by atoms with Crippen molar-refractivity contribution in [3.8, 4) is 0 Å². The van der Waals surface area contributed by atoms with Crippen molar-refractivity contribution in [3.63, 3.8) is 0 Å². The van der Waals surface area contributed by atoms with Crippen LogP contribution in [0.2, 0.25) is 0 Å². The molecule has 0 amide bonds. The second-order valence-electron chi connectivity index (χ2n) is 29.0. The summed E-state index contributed by atoms with van der Waals surface area (Å²) in [6.07, 6.45) is 67.5. The Kier molecular flexibility index (Phi) is 71.6. The Bertz CT molecular complexity index is 2000. The van der Waals surface area contributed by atoms with E-state index in [1.54, 1.807) is 0 Å². The van der Waals surface area contributed by atoms with Crippen molar-refractivity contribution in [3.05, 3.63) is 24.3 Å². The monoisotopic (exact) mass is 1460 g/mol. The molecule has 0 aliphatic rings. The average Bonchev–Trinajstić information content (AvgIpc) is 0.984. The lowest BCUT2D eigenvalue weighted by Crippen LogP contribution is -2.30. The number of aliphatic hydroxyl groups excluding tert-OH is 1. The van der Waals surface area contributed by atoms with Gasteiger partial charge in [0.15, 0.2) is 12.2 Å². The summed E-state index contributed by atoms with van der Waals surface area (Å²) in [7, 11) is -9.93. The fraction of sp³-hybridized carbons (Fsp3) is 0.901. The Morgan fingerprint density at radius 2 is 0.540 bits per heavy atom. The van der Waals surface area contributed by atoms with Gasteiger partial charge in [0.25, 0.3) is 0 Å². The van der Waals surface area contributed by atoms with Crippen LogP contribution in [0.4, 0.5) is 0 Å². The highest BCUT2D eigenvalue weighted by molar-refractivity contribution is 7.47. The molecule has 0 aromatic rings. The van der Waals surface area contributed by atoms with Crippen molar-refractivity contribution in [1.29, 1.82) is 0 Å². The number of rotatable bonds is 79. The quantitative estimate of drug-likeness (QED) is 0.0169. The average molecular weight is 1460 g/mol. The number of phosphoric ester groups is 2. The largest absolute Gasteiger partial charge is 0.472 e. The minimum Gasteiger partial charge on any atom is -0.462 e. The van der Waals surface area contributed by atoms with E-state index in [4.69, 9.17) is 37.0 Å². The minimum atomic E-state index is -4.97. The fourth-order valence-electron chi connectivity index (χ4n) is 12.0. The van der Waals surface area contributed by atoms with Crippen molar-refractivity contribution >= 4 is 39.5 Å². The molecule has 5 atom stereocenters. The predicted octanol–water partition coefficient (Wildman–Crippen LogP) is 24.0. The van der Waals surface area contributed by atoms with Crippen molar-refractivity contribution in [2.24, 2.45) is 5.92 Å². The Balaban J connectivity index is 5.23. The number of carbonyl (C=O) groups is 4. The van der Waals surface area contributed by atoms with Gasteiger partial charge >= 0.3 is 39.5 Å². The van der Waals surface area contributed by atoms with Gasteiger partial charge in [-0.2, -0.15) is 0 Å². The molecule has 0 spiro atoms. The highest BCUT2D eigenvalue weighted by Gasteiger charge is 2.30. The lowest BCUT2D eigenvalue weighted by atomic mass is 10.0. The molecule has 590 valence electrons. The number of aliphatic hydroxyl groups is 1. The van der Waals surface area contributed by atoms with Crippen LogP contribution in [0, 0.1) is 5.92 Å². The maximum Gasteiger partial charge on any atom is 0.472 e. The Labute approximate surface area is 612 Å². The molecule has 0 aromatic carbocycles. The second kappa shape index (κ2) is 73.4. The van der Waals surface area contributed by atoms with Gasteiger partial charge in [0.1, 0.15) is 19.3 Å². The second-order valence-corrected chi connectivity index (χ2v) is 31.9. The topological polar surface area (TPSA) is 237 Å². The standard InChI is InChI=1S/C81H154O17P2/c1-6-9-12-15-18-21-23-25-27-28-29-30-31-32-34-36-41-46-51-56-61-66-80(85)98-77(71-92-79(84)65-60-55-50-45-40-35-33-26-24-22-19-16-13-10-7-2)73-96-100(89,90)94-69-75(82)68-93-99(87,88)95-72-76(70-91-78(83)64-59-54-49-43-20-17-14-11-8-3)97-81(86)67-62-57-52-47-42-38-37-39-44-48-53-58-63-74(4)5/h22,24,26,33,74-77,82H,6-21,23,25,27-32,34-73H2,1-5H3,(H,87,88)(H,89,90)/b24-22-,33-26-/t75-,76+,77+/m0/s1. The Morgan fingerprint density at radius 3 is 0.820 bits per heavy atom. The molecular weight excluding hydrogens is 1310 g/mol. The first kappa shape index (κ1) is 97.5. The van der Waals surface area contributed by atoms with Gasteiger partial charge < -0.3 is 33.8 Å². The molecule has 0 bridgehead atoms. The molecule has 0 heterocycles. The molecule has 17 nitrogen and oxygen atoms in total. The van der Waals surface area contributed by atoms with Gasteiger partial charge in [-0.3, -0.25) is 37.3 Å². The number of allylic oxidation sites excluding steroid dienone is 4. The van der Waals surface area contributed by atoms with E-state index >= 15 is 0 Å². The summed E-state index contributed by atoms with van der Waals surface area (Å²) in [6.45, 7) is 7.25. The van der Waals surface area contributed by atoms with Crippen LogP contribution in [0.1, 0.15) is 407 Å². The predicted molar refractivity (Wildman–Crippen MR) is 409 cm³/mol. The first-order chi connectivity index (χ1) is 48.5.